The molecular formula is C19H22F2N4O2S. The van der Waals surface area contributed by atoms with Crippen LogP contribution in [-0.4, -0.2) is 44.3 Å². The molecule has 0 bridgehead atoms. The highest BCUT2D eigenvalue weighted by Crippen LogP contribution is 2.41. The van der Waals surface area contributed by atoms with Gasteiger partial charge in [-0.05, 0) is 50.6 Å². The number of alkyl halides is 2. The molecule has 9 heteroatoms. The van der Waals surface area contributed by atoms with Gasteiger partial charge in [0.25, 0.3) is 0 Å². The van der Waals surface area contributed by atoms with Gasteiger partial charge >= 0.3 is 6.61 Å². The lowest BCUT2D eigenvalue weighted by atomic mass is 10.0. The molecule has 1 saturated heterocycles. The van der Waals surface area contributed by atoms with Gasteiger partial charge in [0.05, 0.1) is 10.9 Å². The maximum absolute atomic E-state index is 12.7. The Kier molecular flexibility index (Phi) is 5.45. The van der Waals surface area contributed by atoms with Crippen LogP contribution in [0, 0.1) is 6.92 Å². The number of hydrogen-bond acceptors (Lipinski definition) is 6. The monoisotopic (exact) mass is 408 g/mol. The van der Waals surface area contributed by atoms with Crippen molar-refractivity contribution in [2.24, 2.45) is 0 Å². The Balaban J connectivity index is 1.79. The second-order valence-electron chi connectivity index (χ2n) is 6.95. The van der Waals surface area contributed by atoms with E-state index >= 15 is 0 Å². The fourth-order valence-corrected chi connectivity index (χ4v) is 4.93. The molecule has 0 spiro atoms. The molecule has 28 heavy (non-hydrogen) atoms. The average molecular weight is 408 g/mol. The first-order chi connectivity index (χ1) is 13.5. The second kappa shape index (κ2) is 8.00. The van der Waals surface area contributed by atoms with Crippen LogP contribution in [0.25, 0.3) is 4.96 Å². The lowest BCUT2D eigenvalue weighted by molar-refractivity contribution is -0.0499. The topological polar surface area (TPSA) is 62.9 Å². The summed E-state index contributed by atoms with van der Waals surface area (Å²) in [5, 5.41) is 15.1. The van der Waals surface area contributed by atoms with Gasteiger partial charge in [0.1, 0.15) is 11.6 Å². The molecule has 150 valence electrons. The molecule has 1 unspecified atom stereocenters. The van der Waals surface area contributed by atoms with Gasteiger partial charge in [-0.25, -0.2) is 4.98 Å². The smallest absolute Gasteiger partial charge is 0.387 e. The summed E-state index contributed by atoms with van der Waals surface area (Å²) in [6.07, 6.45) is 4.45. The first-order valence-corrected chi connectivity index (χ1v) is 10.2. The zero-order valence-electron chi connectivity index (χ0n) is 15.5. The Morgan fingerprint density at radius 2 is 1.93 bits per heavy atom. The van der Waals surface area contributed by atoms with Crippen LogP contribution >= 0.6 is 11.3 Å². The van der Waals surface area contributed by atoms with Crippen LogP contribution in [0.5, 0.6) is 11.6 Å². The number of fused-ring (bicyclic) bond motifs is 1. The van der Waals surface area contributed by atoms with Crippen molar-refractivity contribution in [1.29, 1.82) is 0 Å². The summed E-state index contributed by atoms with van der Waals surface area (Å²) in [7, 11) is 0. The number of nitrogens with zero attached hydrogens (tertiary/aromatic N) is 4. The van der Waals surface area contributed by atoms with Crippen molar-refractivity contribution in [3.63, 3.8) is 0 Å². The van der Waals surface area contributed by atoms with Crippen LogP contribution in [0.15, 0.2) is 24.3 Å². The summed E-state index contributed by atoms with van der Waals surface area (Å²) in [5.74, 6) is 0.754. The van der Waals surface area contributed by atoms with Crippen LogP contribution < -0.4 is 4.74 Å². The van der Waals surface area contributed by atoms with Gasteiger partial charge in [0, 0.05) is 0 Å². The maximum Gasteiger partial charge on any atom is 0.387 e. The molecule has 1 N–H and O–H groups in total. The number of aromatic nitrogens is 3. The molecule has 3 aromatic rings. The van der Waals surface area contributed by atoms with Crippen LogP contribution in [0.2, 0.25) is 0 Å². The molecule has 0 aliphatic carbocycles. The molecule has 1 aliphatic rings. The van der Waals surface area contributed by atoms with Gasteiger partial charge in [-0.3, -0.25) is 4.90 Å². The highest BCUT2D eigenvalue weighted by molar-refractivity contribution is 7.17. The third-order valence-electron chi connectivity index (χ3n) is 4.96. The number of halogens is 2. The van der Waals surface area contributed by atoms with Crippen LogP contribution in [0.4, 0.5) is 8.78 Å². The van der Waals surface area contributed by atoms with Gasteiger partial charge in [0.15, 0.2) is 0 Å². The quantitative estimate of drug-likeness (QED) is 0.679. The number of likely N-dealkylation sites (tertiary alicyclic amines) is 1. The lowest BCUT2D eigenvalue weighted by Crippen LogP contribution is -2.30. The molecule has 1 atom stereocenters. The molecule has 0 saturated carbocycles. The highest BCUT2D eigenvalue weighted by atomic mass is 32.1. The molecule has 4 rings (SSSR count). The second-order valence-corrected chi connectivity index (χ2v) is 7.96. The summed E-state index contributed by atoms with van der Waals surface area (Å²) in [4.78, 5) is 7.99. The van der Waals surface area contributed by atoms with Crippen LogP contribution in [-0.2, 0) is 0 Å². The first-order valence-electron chi connectivity index (χ1n) is 9.37. The van der Waals surface area contributed by atoms with Crippen molar-refractivity contribution >= 4 is 16.3 Å². The summed E-state index contributed by atoms with van der Waals surface area (Å²) in [6, 6.07) is 6.46. The molecule has 3 heterocycles. The fourth-order valence-electron chi connectivity index (χ4n) is 3.77. The van der Waals surface area contributed by atoms with E-state index < -0.39 is 6.61 Å². The van der Waals surface area contributed by atoms with Crippen molar-refractivity contribution in [2.75, 3.05) is 13.1 Å². The number of ether oxygens (including phenoxy) is 1. The van der Waals surface area contributed by atoms with Crippen LogP contribution in [0.1, 0.15) is 48.0 Å². The number of rotatable bonds is 5. The van der Waals surface area contributed by atoms with Crippen molar-refractivity contribution < 1.29 is 18.6 Å². The Morgan fingerprint density at radius 3 is 2.61 bits per heavy atom. The molecular weight excluding hydrogens is 386 g/mol. The van der Waals surface area contributed by atoms with E-state index in [1.54, 1.807) is 19.1 Å². The Hall–Kier alpha value is -2.26. The predicted octanol–water partition coefficient (Wildman–Crippen LogP) is 4.37. The van der Waals surface area contributed by atoms with Crippen molar-refractivity contribution in [2.45, 2.75) is 45.3 Å². The minimum Gasteiger partial charge on any atom is -0.492 e. The SMILES string of the molecule is Cc1nc2sc(C(c3cccc(OC(F)F)c3)N3CCCCCC3)c(O)n2n1. The maximum atomic E-state index is 12.7. The number of thiazole rings is 1. The Bertz CT molecular complexity index is 951. The molecule has 2 aromatic heterocycles. The van der Waals surface area contributed by atoms with Gasteiger partial charge in [-0.15, -0.1) is 5.10 Å². The zero-order chi connectivity index (χ0) is 19.7. The average Bonchev–Trinajstić information content (AvgIpc) is 3.01. The largest absolute Gasteiger partial charge is 0.492 e. The van der Waals surface area contributed by atoms with E-state index in [0.29, 0.717) is 15.7 Å². The van der Waals surface area contributed by atoms with Gasteiger partial charge in [-0.1, -0.05) is 36.3 Å². The first kappa shape index (κ1) is 19.1. The van der Waals surface area contributed by atoms with Crippen molar-refractivity contribution in [3.05, 3.63) is 40.5 Å². The summed E-state index contributed by atoms with van der Waals surface area (Å²) >= 11 is 1.38. The molecule has 6 nitrogen and oxygen atoms in total. The van der Waals surface area contributed by atoms with Gasteiger partial charge in [-0.2, -0.15) is 13.3 Å². The normalized spacial score (nSPS) is 17.1. The molecule has 0 amide bonds. The van der Waals surface area contributed by atoms with Crippen LogP contribution in [0.3, 0.4) is 0 Å². The molecule has 1 fully saturated rings. The molecule has 0 radical (unpaired) electrons. The Morgan fingerprint density at radius 1 is 1.18 bits per heavy atom. The Labute approximate surface area is 165 Å². The fraction of sp³-hybridized carbons (Fsp3) is 0.474. The van der Waals surface area contributed by atoms with E-state index in [2.05, 4.69) is 19.7 Å². The van der Waals surface area contributed by atoms with Gasteiger partial charge in [0.2, 0.25) is 10.8 Å². The highest BCUT2D eigenvalue weighted by Gasteiger charge is 2.30. The summed E-state index contributed by atoms with van der Waals surface area (Å²) in [5.41, 5.74) is 0.802. The third kappa shape index (κ3) is 3.81. The number of benzene rings is 1. The standard InChI is InChI=1S/C19H22F2N4O2S/c1-12-22-19-25(23-12)17(26)16(28-19)15(24-9-4-2-3-5-10-24)13-7-6-8-14(11-13)27-18(20)21/h6-8,11,15,18,26H,2-5,9-10H2,1H3. The van der Waals surface area contributed by atoms with Crippen molar-refractivity contribution in [3.8, 4) is 11.6 Å². The summed E-state index contributed by atoms with van der Waals surface area (Å²) < 4.78 is 31.4. The third-order valence-corrected chi connectivity index (χ3v) is 6.03. The van der Waals surface area contributed by atoms with E-state index in [-0.39, 0.29) is 17.7 Å². The molecule has 1 aromatic carbocycles. The minimum absolute atomic E-state index is 0.0510. The van der Waals surface area contributed by atoms with E-state index in [4.69, 9.17) is 0 Å². The van der Waals surface area contributed by atoms with Crippen molar-refractivity contribution in [1.82, 2.24) is 19.5 Å². The molecule has 1 aliphatic heterocycles. The van der Waals surface area contributed by atoms with E-state index in [9.17, 15) is 13.9 Å². The summed E-state index contributed by atoms with van der Waals surface area (Å²) in [6.45, 7) is 0.640. The minimum atomic E-state index is -2.88. The predicted molar refractivity (Wildman–Crippen MR) is 102 cm³/mol. The number of hydrogen-bond donors (Lipinski definition) is 1. The van der Waals surface area contributed by atoms with E-state index in [1.807, 2.05) is 6.07 Å². The lowest BCUT2D eigenvalue weighted by Gasteiger charge is -2.30. The van der Waals surface area contributed by atoms with E-state index in [1.165, 1.54) is 21.9 Å². The van der Waals surface area contributed by atoms with E-state index in [0.717, 1.165) is 44.3 Å². The number of aromatic hydroxyl groups is 1. The zero-order valence-corrected chi connectivity index (χ0v) is 16.3. The van der Waals surface area contributed by atoms with Gasteiger partial charge < -0.3 is 9.84 Å². The number of aryl methyl sites for hydroxylation is 1.